The lowest BCUT2D eigenvalue weighted by Crippen LogP contribution is -2.30. The Labute approximate surface area is 146 Å². The van der Waals surface area contributed by atoms with E-state index in [-0.39, 0.29) is 23.7 Å². The molecule has 4 heteroatoms. The first-order chi connectivity index (χ1) is 12.1. The minimum Gasteiger partial charge on any atom is -0.457 e. The molecule has 0 bridgehead atoms. The normalized spacial score (nSPS) is 22.2. The largest absolute Gasteiger partial charge is 0.457 e. The summed E-state index contributed by atoms with van der Waals surface area (Å²) in [6.07, 6.45) is 5.30. The first-order valence-corrected chi connectivity index (χ1v) is 8.51. The predicted molar refractivity (Wildman–Crippen MR) is 95.5 cm³/mol. The van der Waals surface area contributed by atoms with E-state index in [4.69, 9.17) is 4.74 Å². The zero-order chi connectivity index (χ0) is 17.4. The third kappa shape index (κ3) is 2.84. The van der Waals surface area contributed by atoms with Crippen LogP contribution in [0.1, 0.15) is 18.4 Å². The van der Waals surface area contributed by atoms with Gasteiger partial charge in [0.25, 0.3) is 0 Å². The SMILES string of the molecule is Cc1cccc(Oc2ccc(N3C(=O)C4CC=CCC4C3=O)cc2)c1. The molecular weight excluding hydrogens is 314 g/mol. The maximum Gasteiger partial charge on any atom is 0.238 e. The standard InChI is InChI=1S/C21H19NO3/c1-14-5-4-6-17(13-14)25-16-11-9-15(10-12-16)22-20(23)18-7-2-3-8-19(18)21(22)24/h2-6,9-13,18-19H,7-8H2,1H3. The Bertz CT molecular complexity index is 828. The smallest absolute Gasteiger partial charge is 0.238 e. The molecule has 1 aliphatic carbocycles. The monoisotopic (exact) mass is 333 g/mol. The van der Waals surface area contributed by atoms with Crippen LogP contribution >= 0.6 is 0 Å². The van der Waals surface area contributed by atoms with Crippen LogP contribution < -0.4 is 9.64 Å². The van der Waals surface area contributed by atoms with Gasteiger partial charge in [-0.3, -0.25) is 14.5 Å². The average Bonchev–Trinajstić information content (AvgIpc) is 2.87. The van der Waals surface area contributed by atoms with Gasteiger partial charge in [0, 0.05) is 0 Å². The molecule has 2 aromatic carbocycles. The van der Waals surface area contributed by atoms with Gasteiger partial charge in [-0.15, -0.1) is 0 Å². The lowest BCUT2D eigenvalue weighted by atomic mass is 9.85. The lowest BCUT2D eigenvalue weighted by molar-refractivity contribution is -0.122. The van der Waals surface area contributed by atoms with Gasteiger partial charge >= 0.3 is 0 Å². The number of anilines is 1. The molecule has 0 spiro atoms. The van der Waals surface area contributed by atoms with Gasteiger partial charge in [-0.25, -0.2) is 0 Å². The van der Waals surface area contributed by atoms with Crippen molar-refractivity contribution in [2.45, 2.75) is 19.8 Å². The third-order valence-electron chi connectivity index (χ3n) is 4.83. The summed E-state index contributed by atoms with van der Waals surface area (Å²) in [4.78, 5) is 26.5. The van der Waals surface area contributed by atoms with Crippen molar-refractivity contribution < 1.29 is 14.3 Å². The van der Waals surface area contributed by atoms with E-state index in [1.54, 1.807) is 24.3 Å². The molecule has 2 unspecified atom stereocenters. The van der Waals surface area contributed by atoms with Crippen LogP contribution in [0.4, 0.5) is 5.69 Å². The summed E-state index contributed by atoms with van der Waals surface area (Å²) < 4.78 is 5.83. The summed E-state index contributed by atoms with van der Waals surface area (Å²) in [5, 5.41) is 0. The summed E-state index contributed by atoms with van der Waals surface area (Å²) in [7, 11) is 0. The number of ether oxygens (including phenoxy) is 1. The molecule has 0 N–H and O–H groups in total. The Morgan fingerprint density at radius 2 is 1.52 bits per heavy atom. The first-order valence-electron chi connectivity index (χ1n) is 8.51. The number of allylic oxidation sites excluding steroid dienone is 2. The number of imide groups is 1. The number of carbonyl (C=O) groups excluding carboxylic acids is 2. The summed E-state index contributed by atoms with van der Waals surface area (Å²) in [6.45, 7) is 2.01. The Morgan fingerprint density at radius 1 is 0.880 bits per heavy atom. The second-order valence-corrected chi connectivity index (χ2v) is 6.58. The molecule has 0 radical (unpaired) electrons. The number of hydrogen-bond donors (Lipinski definition) is 0. The van der Waals surface area contributed by atoms with Crippen LogP contribution in [0.2, 0.25) is 0 Å². The number of hydrogen-bond acceptors (Lipinski definition) is 3. The van der Waals surface area contributed by atoms with Crippen LogP contribution in [-0.2, 0) is 9.59 Å². The highest BCUT2D eigenvalue weighted by Gasteiger charge is 2.47. The minimum atomic E-state index is -0.208. The van der Waals surface area contributed by atoms with Crippen LogP contribution in [-0.4, -0.2) is 11.8 Å². The zero-order valence-corrected chi connectivity index (χ0v) is 14.0. The van der Waals surface area contributed by atoms with Gasteiger partial charge in [-0.05, 0) is 61.7 Å². The van der Waals surface area contributed by atoms with Crippen molar-refractivity contribution in [1.82, 2.24) is 0 Å². The van der Waals surface area contributed by atoms with Gasteiger partial charge in [0.05, 0.1) is 17.5 Å². The van der Waals surface area contributed by atoms with E-state index in [1.165, 1.54) is 4.90 Å². The maximum absolute atomic E-state index is 12.6. The summed E-state index contributed by atoms with van der Waals surface area (Å²) >= 11 is 0. The molecule has 25 heavy (non-hydrogen) atoms. The molecule has 4 rings (SSSR count). The van der Waals surface area contributed by atoms with E-state index in [9.17, 15) is 9.59 Å². The summed E-state index contributed by atoms with van der Waals surface area (Å²) in [6, 6.07) is 14.9. The molecule has 2 atom stereocenters. The molecule has 1 fully saturated rings. The maximum atomic E-state index is 12.6. The summed E-state index contributed by atoms with van der Waals surface area (Å²) in [5.74, 6) is 0.838. The van der Waals surface area contributed by atoms with E-state index in [0.717, 1.165) is 11.3 Å². The number of aryl methyl sites for hydroxylation is 1. The highest BCUT2D eigenvalue weighted by Crippen LogP contribution is 2.38. The second kappa shape index (κ2) is 6.20. The highest BCUT2D eigenvalue weighted by molar-refractivity contribution is 6.22. The molecule has 1 aliphatic heterocycles. The average molecular weight is 333 g/mol. The molecular formula is C21H19NO3. The van der Waals surface area contributed by atoms with Crippen LogP contribution in [0.3, 0.4) is 0 Å². The fourth-order valence-electron chi connectivity index (χ4n) is 3.53. The van der Waals surface area contributed by atoms with Crippen molar-refractivity contribution in [2.75, 3.05) is 4.90 Å². The van der Waals surface area contributed by atoms with E-state index in [1.807, 2.05) is 43.3 Å². The summed E-state index contributed by atoms with van der Waals surface area (Å²) in [5.41, 5.74) is 1.74. The number of nitrogens with zero attached hydrogens (tertiary/aromatic N) is 1. The van der Waals surface area contributed by atoms with E-state index >= 15 is 0 Å². The fraction of sp³-hybridized carbons (Fsp3) is 0.238. The van der Waals surface area contributed by atoms with Crippen LogP contribution in [0.5, 0.6) is 11.5 Å². The van der Waals surface area contributed by atoms with Crippen molar-refractivity contribution in [2.24, 2.45) is 11.8 Å². The van der Waals surface area contributed by atoms with Crippen molar-refractivity contribution in [3.63, 3.8) is 0 Å². The number of fused-ring (bicyclic) bond motifs is 1. The zero-order valence-electron chi connectivity index (χ0n) is 14.0. The fourth-order valence-corrected chi connectivity index (χ4v) is 3.53. The van der Waals surface area contributed by atoms with Gasteiger partial charge in [0.2, 0.25) is 11.8 Å². The first kappa shape index (κ1) is 15.6. The number of carbonyl (C=O) groups is 2. The van der Waals surface area contributed by atoms with Gasteiger partial charge in [0.15, 0.2) is 0 Å². The molecule has 2 aromatic rings. The number of amides is 2. The lowest BCUT2D eigenvalue weighted by Gasteiger charge is -2.15. The van der Waals surface area contributed by atoms with Crippen LogP contribution in [0, 0.1) is 18.8 Å². The Morgan fingerprint density at radius 3 is 2.12 bits per heavy atom. The Kier molecular flexibility index (Phi) is 3.88. The molecule has 126 valence electrons. The van der Waals surface area contributed by atoms with E-state index < -0.39 is 0 Å². The molecule has 0 saturated carbocycles. The predicted octanol–water partition coefficient (Wildman–Crippen LogP) is 4.24. The van der Waals surface area contributed by atoms with Crippen molar-refractivity contribution in [1.29, 1.82) is 0 Å². The molecule has 1 heterocycles. The molecule has 1 saturated heterocycles. The molecule has 0 aromatic heterocycles. The van der Waals surface area contributed by atoms with Gasteiger partial charge in [0.1, 0.15) is 11.5 Å². The molecule has 2 aliphatic rings. The van der Waals surface area contributed by atoms with Crippen molar-refractivity contribution >= 4 is 17.5 Å². The van der Waals surface area contributed by atoms with Crippen LogP contribution in [0.25, 0.3) is 0 Å². The van der Waals surface area contributed by atoms with E-state index in [0.29, 0.717) is 24.3 Å². The minimum absolute atomic E-state index is 0.0910. The Balaban J connectivity index is 1.54. The van der Waals surface area contributed by atoms with Gasteiger partial charge in [-0.2, -0.15) is 0 Å². The number of benzene rings is 2. The third-order valence-corrected chi connectivity index (χ3v) is 4.83. The van der Waals surface area contributed by atoms with Gasteiger partial charge in [-0.1, -0.05) is 24.3 Å². The Hall–Kier alpha value is -2.88. The second-order valence-electron chi connectivity index (χ2n) is 6.58. The highest BCUT2D eigenvalue weighted by atomic mass is 16.5. The van der Waals surface area contributed by atoms with Crippen molar-refractivity contribution in [3.05, 3.63) is 66.2 Å². The van der Waals surface area contributed by atoms with Crippen LogP contribution in [0.15, 0.2) is 60.7 Å². The van der Waals surface area contributed by atoms with Gasteiger partial charge < -0.3 is 4.74 Å². The quantitative estimate of drug-likeness (QED) is 0.623. The van der Waals surface area contributed by atoms with E-state index in [2.05, 4.69) is 0 Å². The topological polar surface area (TPSA) is 46.6 Å². The molecule has 4 nitrogen and oxygen atoms in total. The van der Waals surface area contributed by atoms with Crippen molar-refractivity contribution in [3.8, 4) is 11.5 Å². The number of rotatable bonds is 3. The molecule has 2 amide bonds.